The highest BCUT2D eigenvalue weighted by molar-refractivity contribution is 5.63. The first-order valence-electron chi connectivity index (χ1n) is 10.4. The van der Waals surface area contributed by atoms with Crippen molar-refractivity contribution in [3.63, 3.8) is 0 Å². The first-order valence-corrected chi connectivity index (χ1v) is 10.4. The number of rotatable bonds is 4. The average molecular weight is 389 g/mol. The topological polar surface area (TPSA) is 67.3 Å². The molecule has 29 heavy (non-hydrogen) atoms. The molecule has 0 amide bonds. The summed E-state index contributed by atoms with van der Waals surface area (Å²) in [4.78, 5) is 4.58. The predicted molar refractivity (Wildman–Crippen MR) is 109 cm³/mol. The third kappa shape index (κ3) is 3.71. The number of hydrogen-bond donors (Lipinski definition) is 1. The van der Waals surface area contributed by atoms with E-state index in [1.54, 1.807) is 6.07 Å². The lowest BCUT2D eigenvalue weighted by Gasteiger charge is -2.28. The van der Waals surface area contributed by atoms with Crippen molar-refractivity contribution in [2.75, 3.05) is 0 Å². The number of allylic oxidation sites excluding steroid dienone is 1. The van der Waals surface area contributed by atoms with E-state index in [0.29, 0.717) is 17.8 Å². The number of nitrogens with one attached hydrogen (secondary N) is 1. The zero-order valence-electron chi connectivity index (χ0n) is 16.2. The molecule has 5 rings (SSSR count). The van der Waals surface area contributed by atoms with Gasteiger partial charge in [0.05, 0.1) is 5.69 Å². The van der Waals surface area contributed by atoms with Gasteiger partial charge in [-0.2, -0.15) is 5.21 Å². The quantitative estimate of drug-likeness (QED) is 0.680. The van der Waals surface area contributed by atoms with Crippen molar-refractivity contribution < 1.29 is 4.39 Å². The summed E-state index contributed by atoms with van der Waals surface area (Å²) in [6.45, 7) is 0. The summed E-state index contributed by atoms with van der Waals surface area (Å²) in [5, 5.41) is 15.0. The number of benzene rings is 1. The first-order chi connectivity index (χ1) is 14.3. The number of aromatic nitrogens is 5. The summed E-state index contributed by atoms with van der Waals surface area (Å²) in [7, 11) is 0. The van der Waals surface area contributed by atoms with Crippen molar-refractivity contribution in [3.8, 4) is 11.1 Å². The van der Waals surface area contributed by atoms with Crippen LogP contribution in [-0.2, 0) is 0 Å². The minimum absolute atomic E-state index is 0.234. The van der Waals surface area contributed by atoms with E-state index < -0.39 is 0 Å². The number of tetrazole rings is 1. The molecule has 0 unspecified atom stereocenters. The lowest BCUT2D eigenvalue weighted by atomic mass is 9.77. The number of pyridine rings is 1. The smallest absolute Gasteiger partial charge is 0.178 e. The molecule has 148 valence electrons. The van der Waals surface area contributed by atoms with Gasteiger partial charge in [0, 0.05) is 17.7 Å². The van der Waals surface area contributed by atoms with Crippen LogP contribution in [0.2, 0.25) is 0 Å². The molecule has 0 bridgehead atoms. The number of halogens is 1. The summed E-state index contributed by atoms with van der Waals surface area (Å²) in [6.07, 6.45) is 12.6. The fourth-order valence-corrected chi connectivity index (χ4v) is 5.25. The number of aromatic amines is 1. The Labute approximate surface area is 169 Å². The number of nitrogens with zero attached hydrogens (tertiary/aromatic N) is 4. The van der Waals surface area contributed by atoms with Gasteiger partial charge in [0.15, 0.2) is 5.82 Å². The highest BCUT2D eigenvalue weighted by Crippen LogP contribution is 2.52. The largest absolute Gasteiger partial charge is 0.256 e. The third-order valence-electron chi connectivity index (χ3n) is 6.61. The predicted octanol–water partition coefficient (Wildman–Crippen LogP) is 5.02. The van der Waals surface area contributed by atoms with E-state index >= 15 is 0 Å². The molecule has 3 aromatic rings. The second kappa shape index (κ2) is 7.85. The van der Waals surface area contributed by atoms with Crippen LogP contribution in [0.5, 0.6) is 0 Å². The molecule has 2 saturated carbocycles. The first kappa shape index (κ1) is 18.2. The van der Waals surface area contributed by atoms with Gasteiger partial charge in [-0.3, -0.25) is 4.98 Å². The van der Waals surface area contributed by atoms with Gasteiger partial charge in [0.25, 0.3) is 0 Å². The van der Waals surface area contributed by atoms with Gasteiger partial charge in [-0.05, 0) is 60.4 Å². The second-order valence-electron chi connectivity index (χ2n) is 8.24. The molecule has 4 atom stereocenters. The maximum atomic E-state index is 13.5. The molecule has 1 N–H and O–H groups in total. The lowest BCUT2D eigenvalue weighted by Crippen LogP contribution is -2.19. The van der Waals surface area contributed by atoms with E-state index in [-0.39, 0.29) is 5.82 Å². The van der Waals surface area contributed by atoms with Gasteiger partial charge in [-0.25, -0.2) is 4.39 Å². The SMILES string of the molecule is Fc1cccc(-c2ccc(/C=C/[C@H]3[C@@H]4CCCC[C@@H]4C[C@@H]3c3nn[nH]n3)nc2)c1. The van der Waals surface area contributed by atoms with Gasteiger partial charge in [0.1, 0.15) is 5.82 Å². The maximum absolute atomic E-state index is 13.5. The van der Waals surface area contributed by atoms with Crippen LogP contribution in [0, 0.1) is 23.6 Å². The molecule has 2 fully saturated rings. The molecule has 2 aromatic heterocycles. The van der Waals surface area contributed by atoms with E-state index in [4.69, 9.17) is 0 Å². The van der Waals surface area contributed by atoms with Gasteiger partial charge in [-0.15, -0.1) is 10.2 Å². The Morgan fingerprint density at radius 2 is 2.00 bits per heavy atom. The van der Waals surface area contributed by atoms with Gasteiger partial charge >= 0.3 is 0 Å². The van der Waals surface area contributed by atoms with Crippen molar-refractivity contribution >= 4 is 6.08 Å². The molecule has 2 aliphatic rings. The normalized spacial score (nSPS) is 26.7. The molecule has 0 aliphatic heterocycles. The van der Waals surface area contributed by atoms with Gasteiger partial charge < -0.3 is 0 Å². The molecule has 6 heteroatoms. The standard InChI is InChI=1S/C23H24FN5/c24-18-6-3-5-15(12-18)17-8-9-19(25-14-17)10-11-21-20-7-2-1-4-16(20)13-22(21)23-26-28-29-27-23/h3,5-6,8-12,14,16,20-22H,1-2,4,7,13H2,(H,26,27,28,29)/b11-10+/t16-,20-,21+,22+/m1/s1. The molecule has 2 aliphatic carbocycles. The lowest BCUT2D eigenvalue weighted by molar-refractivity contribution is 0.249. The zero-order chi connectivity index (χ0) is 19.6. The van der Waals surface area contributed by atoms with Crippen LogP contribution in [-0.4, -0.2) is 25.6 Å². The van der Waals surface area contributed by atoms with E-state index in [1.165, 1.54) is 37.8 Å². The Morgan fingerprint density at radius 1 is 1.07 bits per heavy atom. The van der Waals surface area contributed by atoms with E-state index in [1.807, 2.05) is 24.4 Å². The van der Waals surface area contributed by atoms with Crippen LogP contribution in [0.1, 0.15) is 49.5 Å². The monoisotopic (exact) mass is 389 g/mol. The summed E-state index contributed by atoms with van der Waals surface area (Å²) in [5.74, 6) is 2.79. The van der Waals surface area contributed by atoms with Gasteiger partial charge in [0.2, 0.25) is 0 Å². The van der Waals surface area contributed by atoms with Gasteiger partial charge in [-0.1, -0.05) is 48.8 Å². The highest BCUT2D eigenvalue weighted by atomic mass is 19.1. The number of hydrogen-bond acceptors (Lipinski definition) is 4. The molecular weight excluding hydrogens is 365 g/mol. The minimum atomic E-state index is -0.234. The summed E-state index contributed by atoms with van der Waals surface area (Å²) in [5.41, 5.74) is 2.67. The third-order valence-corrected chi connectivity index (χ3v) is 6.61. The number of H-pyrrole nitrogens is 1. The molecule has 1 aromatic carbocycles. The van der Waals surface area contributed by atoms with E-state index in [2.05, 4.69) is 37.8 Å². The molecule has 5 nitrogen and oxygen atoms in total. The Bertz CT molecular complexity index is 983. The van der Waals surface area contributed by atoms with E-state index in [0.717, 1.165) is 35.0 Å². The minimum Gasteiger partial charge on any atom is -0.256 e. The van der Waals surface area contributed by atoms with Crippen LogP contribution in [0.4, 0.5) is 4.39 Å². The van der Waals surface area contributed by atoms with Crippen LogP contribution < -0.4 is 0 Å². The number of fused-ring (bicyclic) bond motifs is 1. The van der Waals surface area contributed by atoms with Crippen molar-refractivity contribution in [2.45, 2.75) is 38.0 Å². The Morgan fingerprint density at radius 3 is 2.79 bits per heavy atom. The zero-order valence-corrected chi connectivity index (χ0v) is 16.2. The summed E-state index contributed by atoms with van der Waals surface area (Å²) in [6, 6.07) is 10.6. The molecule has 2 heterocycles. The Hall–Kier alpha value is -2.89. The van der Waals surface area contributed by atoms with Crippen LogP contribution in [0.15, 0.2) is 48.7 Å². The molecule has 0 spiro atoms. The van der Waals surface area contributed by atoms with Crippen molar-refractivity contribution in [1.29, 1.82) is 0 Å². The second-order valence-corrected chi connectivity index (χ2v) is 8.24. The average Bonchev–Trinajstić information content (AvgIpc) is 3.40. The fraction of sp³-hybridized carbons (Fsp3) is 0.391. The van der Waals surface area contributed by atoms with E-state index in [9.17, 15) is 4.39 Å². The van der Waals surface area contributed by atoms with Crippen LogP contribution >= 0.6 is 0 Å². The Kier molecular flexibility index (Phi) is 4.92. The maximum Gasteiger partial charge on any atom is 0.178 e. The summed E-state index contributed by atoms with van der Waals surface area (Å²) >= 11 is 0. The van der Waals surface area contributed by atoms with Crippen LogP contribution in [0.25, 0.3) is 17.2 Å². The molecular formula is C23H24FN5. The fourth-order valence-electron chi connectivity index (χ4n) is 5.25. The summed E-state index contributed by atoms with van der Waals surface area (Å²) < 4.78 is 13.5. The van der Waals surface area contributed by atoms with Crippen LogP contribution in [0.3, 0.4) is 0 Å². The highest BCUT2D eigenvalue weighted by Gasteiger charge is 2.44. The van der Waals surface area contributed by atoms with Crippen molar-refractivity contribution in [3.05, 3.63) is 66.0 Å². The molecule has 0 radical (unpaired) electrons. The Balaban J connectivity index is 1.37. The van der Waals surface area contributed by atoms with Crippen molar-refractivity contribution in [2.24, 2.45) is 17.8 Å². The van der Waals surface area contributed by atoms with Crippen molar-refractivity contribution in [1.82, 2.24) is 25.6 Å². The molecule has 0 saturated heterocycles.